The second-order valence-electron chi connectivity index (χ2n) is 2.37. The fourth-order valence-corrected chi connectivity index (χ4v) is 1.03. The number of allylic oxidation sites excluding steroid dienone is 6. The molecule has 1 rings (SSSR count). The molecule has 1 nitrogen and oxygen atoms in total. The van der Waals surface area contributed by atoms with Crippen LogP contribution in [0.1, 0.15) is 61.8 Å². The molecule has 1 aliphatic rings. The lowest BCUT2D eigenvalue weighted by molar-refractivity contribution is -0.114. The highest BCUT2D eigenvalue weighted by molar-refractivity contribution is 5.94. The summed E-state index contributed by atoms with van der Waals surface area (Å²) in [6.07, 6.45) is 7.25. The molecule has 0 bridgehead atoms. The van der Waals surface area contributed by atoms with Gasteiger partial charge in [0.05, 0.1) is 0 Å². The molecule has 0 atom stereocenters. The van der Waals surface area contributed by atoms with E-state index in [9.17, 15) is 4.79 Å². The third-order valence-corrected chi connectivity index (χ3v) is 1.65. The summed E-state index contributed by atoms with van der Waals surface area (Å²) in [4.78, 5) is 10.9. The van der Waals surface area contributed by atoms with Crippen LogP contribution >= 0.6 is 0 Å². The van der Waals surface area contributed by atoms with Gasteiger partial charge in [-0.15, -0.1) is 0 Å². The van der Waals surface area contributed by atoms with Crippen LogP contribution in [0.4, 0.5) is 0 Å². The quantitative estimate of drug-likeness (QED) is 0.574. The lowest BCUT2D eigenvalue weighted by Gasteiger charge is -2.07. The first-order valence-corrected chi connectivity index (χ1v) is 7.47. The monoisotopic (exact) mass is 266 g/mol. The first-order valence-electron chi connectivity index (χ1n) is 7.47. The highest BCUT2D eigenvalue weighted by Gasteiger charge is 2.07. The van der Waals surface area contributed by atoms with Crippen molar-refractivity contribution >= 4 is 5.78 Å². The summed E-state index contributed by atoms with van der Waals surface area (Å²) in [5, 5.41) is 0. The fourth-order valence-electron chi connectivity index (χ4n) is 1.03. The van der Waals surface area contributed by atoms with Crippen molar-refractivity contribution in [1.29, 1.82) is 0 Å². The van der Waals surface area contributed by atoms with Gasteiger partial charge < -0.3 is 0 Å². The number of carbonyl (C=O) groups is 1. The number of hydrogen-bond acceptors (Lipinski definition) is 1. The summed E-state index contributed by atoms with van der Waals surface area (Å²) in [6.45, 7) is 23.3. The van der Waals surface area contributed by atoms with Crippen molar-refractivity contribution in [1.82, 2.24) is 0 Å². The Labute approximate surface area is 121 Å². The predicted octanol–water partition coefficient (Wildman–Crippen LogP) is 6.29. The first kappa shape index (κ1) is 26.2. The van der Waals surface area contributed by atoms with Crippen LogP contribution in [0.15, 0.2) is 48.6 Å². The summed E-state index contributed by atoms with van der Waals surface area (Å²) in [7, 11) is 0. The van der Waals surface area contributed by atoms with Crippen LogP contribution in [0, 0.1) is 0 Å². The Morgan fingerprint density at radius 3 is 1.58 bits per heavy atom. The average Bonchev–Trinajstić information content (AvgIpc) is 2.55. The van der Waals surface area contributed by atoms with E-state index >= 15 is 0 Å². The molecule has 0 amide bonds. The Bertz CT molecular complexity index is 267. The summed E-state index contributed by atoms with van der Waals surface area (Å²) in [6, 6.07) is 0. The zero-order chi connectivity index (χ0) is 16.3. The van der Waals surface area contributed by atoms with E-state index in [1.54, 1.807) is 24.3 Å². The molecule has 0 aromatic heterocycles. The maximum absolute atomic E-state index is 10.9. The zero-order valence-corrected chi connectivity index (χ0v) is 14.3. The van der Waals surface area contributed by atoms with Gasteiger partial charge in [-0.1, -0.05) is 86.8 Å². The van der Waals surface area contributed by atoms with Crippen LogP contribution in [-0.2, 0) is 4.79 Å². The molecule has 0 aromatic rings. The van der Waals surface area contributed by atoms with Gasteiger partial charge in [-0.3, -0.25) is 4.79 Å². The Kier molecular flexibility index (Phi) is 35.2. The van der Waals surface area contributed by atoms with Crippen LogP contribution in [0.25, 0.3) is 0 Å². The van der Waals surface area contributed by atoms with Crippen molar-refractivity contribution in [3.05, 3.63) is 48.6 Å². The Balaban J connectivity index is -0.000000121. The molecule has 0 saturated heterocycles. The van der Waals surface area contributed by atoms with Crippen LogP contribution in [0.2, 0.25) is 0 Å². The SMILES string of the molecule is C=CC1=C(C=C)CC(=O)C=C1.CC.CC.CC.CC. The van der Waals surface area contributed by atoms with Gasteiger partial charge in [-0.2, -0.15) is 0 Å². The number of carbonyl (C=O) groups excluding carboxylic acids is 1. The molecule has 1 aliphatic carbocycles. The average molecular weight is 266 g/mol. The third kappa shape index (κ3) is 14.6. The standard InChI is InChI=1S/C10H10O.4C2H6/c1-3-8-5-6-10(11)7-9(8)4-2;4*1-2/h3-6H,1-2,7H2;4*1-2H3. The predicted molar refractivity (Wildman–Crippen MR) is 91.6 cm³/mol. The molecule has 0 unspecified atom stereocenters. The molecule has 0 saturated carbocycles. The highest BCUT2D eigenvalue weighted by atomic mass is 16.1. The molecule has 0 N–H and O–H groups in total. The molecule has 0 radical (unpaired) electrons. The van der Waals surface area contributed by atoms with Gasteiger partial charge in [0.1, 0.15) is 0 Å². The summed E-state index contributed by atoms with van der Waals surface area (Å²) < 4.78 is 0. The number of ketones is 1. The molecular weight excluding hydrogens is 232 g/mol. The van der Waals surface area contributed by atoms with Crippen molar-refractivity contribution in [2.75, 3.05) is 0 Å². The van der Waals surface area contributed by atoms with Crippen molar-refractivity contribution < 1.29 is 4.79 Å². The van der Waals surface area contributed by atoms with E-state index in [-0.39, 0.29) is 5.78 Å². The van der Waals surface area contributed by atoms with Crippen LogP contribution < -0.4 is 0 Å². The lowest BCUT2D eigenvalue weighted by atomic mass is 9.97. The summed E-state index contributed by atoms with van der Waals surface area (Å²) in [5.41, 5.74) is 1.96. The Morgan fingerprint density at radius 1 is 0.842 bits per heavy atom. The molecular formula is C18H34O. The van der Waals surface area contributed by atoms with E-state index in [4.69, 9.17) is 0 Å². The largest absolute Gasteiger partial charge is 0.294 e. The number of rotatable bonds is 2. The molecule has 0 aromatic carbocycles. The molecule has 0 aliphatic heterocycles. The third-order valence-electron chi connectivity index (χ3n) is 1.65. The smallest absolute Gasteiger partial charge is 0.160 e. The minimum Gasteiger partial charge on any atom is -0.294 e. The van der Waals surface area contributed by atoms with Gasteiger partial charge in [0.25, 0.3) is 0 Å². The highest BCUT2D eigenvalue weighted by Crippen LogP contribution is 2.17. The van der Waals surface area contributed by atoms with Gasteiger partial charge in [0.15, 0.2) is 5.78 Å². The van der Waals surface area contributed by atoms with E-state index in [2.05, 4.69) is 13.2 Å². The molecule has 0 fully saturated rings. The second-order valence-corrected chi connectivity index (χ2v) is 2.37. The van der Waals surface area contributed by atoms with E-state index in [0.717, 1.165) is 11.1 Å². The van der Waals surface area contributed by atoms with Crippen LogP contribution in [0.3, 0.4) is 0 Å². The molecule has 19 heavy (non-hydrogen) atoms. The summed E-state index contributed by atoms with van der Waals surface area (Å²) in [5.74, 6) is 0.130. The maximum Gasteiger partial charge on any atom is 0.160 e. The normalized spacial score (nSPS) is 11.1. The van der Waals surface area contributed by atoms with E-state index in [1.165, 1.54) is 0 Å². The van der Waals surface area contributed by atoms with Gasteiger partial charge in [0, 0.05) is 6.42 Å². The van der Waals surface area contributed by atoms with Gasteiger partial charge in [-0.25, -0.2) is 0 Å². The topological polar surface area (TPSA) is 17.1 Å². The lowest BCUT2D eigenvalue weighted by Crippen LogP contribution is -2.00. The van der Waals surface area contributed by atoms with Crippen LogP contribution in [-0.4, -0.2) is 5.78 Å². The Morgan fingerprint density at radius 2 is 1.26 bits per heavy atom. The minimum atomic E-state index is 0.130. The van der Waals surface area contributed by atoms with Crippen molar-refractivity contribution in [3.8, 4) is 0 Å². The van der Waals surface area contributed by atoms with Gasteiger partial charge in [0.2, 0.25) is 0 Å². The summed E-state index contributed by atoms with van der Waals surface area (Å²) >= 11 is 0. The van der Waals surface area contributed by atoms with Crippen LogP contribution in [0.5, 0.6) is 0 Å². The molecule has 0 heterocycles. The number of hydrogen-bond donors (Lipinski definition) is 0. The molecule has 1 heteroatoms. The first-order chi connectivity index (χ1) is 9.27. The van der Waals surface area contributed by atoms with E-state index in [0.29, 0.717) is 6.42 Å². The van der Waals surface area contributed by atoms with E-state index < -0.39 is 0 Å². The van der Waals surface area contributed by atoms with E-state index in [1.807, 2.05) is 55.4 Å². The minimum absolute atomic E-state index is 0.130. The zero-order valence-electron chi connectivity index (χ0n) is 14.3. The second kappa shape index (κ2) is 25.5. The van der Waals surface area contributed by atoms with Gasteiger partial charge >= 0.3 is 0 Å². The van der Waals surface area contributed by atoms with Crippen molar-refractivity contribution in [2.24, 2.45) is 0 Å². The molecule has 0 spiro atoms. The molecule has 112 valence electrons. The van der Waals surface area contributed by atoms with Crippen molar-refractivity contribution in [3.63, 3.8) is 0 Å². The fraction of sp³-hybridized carbons (Fsp3) is 0.500. The van der Waals surface area contributed by atoms with Crippen molar-refractivity contribution in [2.45, 2.75) is 61.8 Å². The Hall–Kier alpha value is -1.37. The maximum atomic E-state index is 10.9. The van der Waals surface area contributed by atoms with Gasteiger partial charge in [-0.05, 0) is 17.2 Å².